The number of piperidine rings is 3. The first-order valence-corrected chi connectivity index (χ1v) is 6.62. The SMILES string of the molecule is O=C(O)c1ccc2c(c1)C1C3CCN(CC3)C1N2. The van der Waals surface area contributed by atoms with Gasteiger partial charge in [0, 0.05) is 24.7 Å². The highest BCUT2D eigenvalue weighted by Crippen LogP contribution is 2.49. The van der Waals surface area contributed by atoms with E-state index < -0.39 is 5.97 Å². The first kappa shape index (κ1) is 10.4. The third-order valence-electron chi connectivity index (χ3n) is 4.78. The minimum Gasteiger partial charge on any atom is -0.478 e. The fourth-order valence-corrected chi connectivity index (χ4v) is 3.91. The summed E-state index contributed by atoms with van der Waals surface area (Å²) in [6.07, 6.45) is 2.90. The number of anilines is 1. The molecule has 3 saturated heterocycles. The van der Waals surface area contributed by atoms with Crippen molar-refractivity contribution >= 4 is 11.7 Å². The predicted octanol–water partition coefficient (Wildman–Crippen LogP) is 1.95. The Morgan fingerprint density at radius 2 is 2.11 bits per heavy atom. The van der Waals surface area contributed by atoms with Crippen molar-refractivity contribution in [3.63, 3.8) is 0 Å². The van der Waals surface area contributed by atoms with E-state index in [4.69, 9.17) is 5.11 Å². The maximum atomic E-state index is 11.1. The summed E-state index contributed by atoms with van der Waals surface area (Å²) in [6.45, 7) is 2.36. The molecule has 5 rings (SSSR count). The van der Waals surface area contributed by atoms with Gasteiger partial charge in [-0.05, 0) is 42.5 Å². The van der Waals surface area contributed by atoms with Crippen molar-refractivity contribution in [3.05, 3.63) is 29.3 Å². The van der Waals surface area contributed by atoms with Gasteiger partial charge in [0.15, 0.2) is 0 Å². The van der Waals surface area contributed by atoms with Crippen LogP contribution in [0.25, 0.3) is 0 Å². The van der Waals surface area contributed by atoms with E-state index in [-0.39, 0.29) is 0 Å². The van der Waals surface area contributed by atoms with E-state index in [0.717, 1.165) is 11.6 Å². The molecule has 0 aliphatic carbocycles. The van der Waals surface area contributed by atoms with Crippen molar-refractivity contribution in [3.8, 4) is 0 Å². The minimum absolute atomic E-state index is 0.400. The zero-order chi connectivity index (χ0) is 12.3. The topological polar surface area (TPSA) is 52.6 Å². The van der Waals surface area contributed by atoms with Crippen molar-refractivity contribution < 1.29 is 9.90 Å². The van der Waals surface area contributed by atoms with E-state index in [0.29, 0.717) is 17.6 Å². The summed E-state index contributed by atoms with van der Waals surface area (Å²) < 4.78 is 0. The zero-order valence-corrected chi connectivity index (χ0v) is 10.1. The number of nitrogens with zero attached hydrogens (tertiary/aromatic N) is 1. The molecule has 4 heterocycles. The molecule has 4 aliphatic rings. The number of fused-ring (bicyclic) bond motifs is 3. The van der Waals surface area contributed by atoms with E-state index in [9.17, 15) is 4.79 Å². The van der Waals surface area contributed by atoms with Gasteiger partial charge in [-0.25, -0.2) is 4.79 Å². The quantitative estimate of drug-likeness (QED) is 0.792. The molecule has 2 atom stereocenters. The van der Waals surface area contributed by atoms with Crippen LogP contribution in [0, 0.1) is 5.92 Å². The molecule has 0 amide bonds. The Morgan fingerprint density at radius 1 is 1.33 bits per heavy atom. The Morgan fingerprint density at radius 3 is 2.83 bits per heavy atom. The molecule has 18 heavy (non-hydrogen) atoms. The number of hydrogen-bond donors (Lipinski definition) is 2. The second-order valence-electron chi connectivity index (χ2n) is 5.60. The monoisotopic (exact) mass is 244 g/mol. The standard InChI is InChI=1S/C14H16N2O2/c17-14(18)9-1-2-11-10(7-9)12-8-3-5-16(6-4-8)13(12)15-11/h1-2,7-8,12-13,15H,3-6H2,(H,17,18). The Kier molecular flexibility index (Phi) is 2.01. The molecular formula is C14H16N2O2. The summed E-state index contributed by atoms with van der Waals surface area (Å²) in [5.74, 6) is 0.377. The summed E-state index contributed by atoms with van der Waals surface area (Å²) in [7, 11) is 0. The van der Waals surface area contributed by atoms with Crippen LogP contribution in [0.3, 0.4) is 0 Å². The fourth-order valence-electron chi connectivity index (χ4n) is 3.91. The fraction of sp³-hybridized carbons (Fsp3) is 0.500. The molecule has 2 unspecified atom stereocenters. The van der Waals surface area contributed by atoms with Crippen LogP contribution in [0.1, 0.15) is 34.7 Å². The molecule has 0 spiro atoms. The summed E-state index contributed by atoms with van der Waals surface area (Å²) in [6, 6.07) is 5.50. The van der Waals surface area contributed by atoms with Crippen LogP contribution < -0.4 is 5.32 Å². The molecule has 1 aromatic rings. The van der Waals surface area contributed by atoms with Crippen molar-refractivity contribution in [1.29, 1.82) is 0 Å². The normalized spacial score (nSPS) is 35.8. The van der Waals surface area contributed by atoms with Crippen molar-refractivity contribution in [2.45, 2.75) is 24.9 Å². The minimum atomic E-state index is -0.831. The van der Waals surface area contributed by atoms with E-state index >= 15 is 0 Å². The highest BCUT2D eigenvalue weighted by atomic mass is 16.4. The number of carbonyl (C=O) groups is 1. The number of benzene rings is 1. The molecular weight excluding hydrogens is 228 g/mol. The largest absolute Gasteiger partial charge is 0.478 e. The maximum Gasteiger partial charge on any atom is 0.335 e. The second kappa shape index (κ2) is 3.48. The Hall–Kier alpha value is -1.55. The Bertz CT molecular complexity index is 521. The van der Waals surface area contributed by atoms with Crippen LogP contribution in [0.15, 0.2) is 18.2 Å². The molecule has 2 N–H and O–H groups in total. The van der Waals surface area contributed by atoms with Crippen LogP contribution in [-0.2, 0) is 0 Å². The number of nitrogens with one attached hydrogen (secondary N) is 1. The van der Waals surface area contributed by atoms with E-state index in [1.54, 1.807) is 6.07 Å². The molecule has 0 aromatic heterocycles. The van der Waals surface area contributed by atoms with Gasteiger partial charge in [0.25, 0.3) is 0 Å². The highest BCUT2D eigenvalue weighted by Gasteiger charge is 2.47. The molecule has 94 valence electrons. The van der Waals surface area contributed by atoms with Gasteiger partial charge in [0.2, 0.25) is 0 Å². The first-order chi connectivity index (χ1) is 8.74. The zero-order valence-electron chi connectivity index (χ0n) is 10.1. The lowest BCUT2D eigenvalue weighted by Crippen LogP contribution is -2.54. The van der Waals surface area contributed by atoms with E-state index in [2.05, 4.69) is 10.2 Å². The van der Waals surface area contributed by atoms with Crippen LogP contribution in [0.5, 0.6) is 0 Å². The van der Waals surface area contributed by atoms with Crippen LogP contribution in [0.4, 0.5) is 5.69 Å². The van der Waals surface area contributed by atoms with Crippen molar-refractivity contribution in [2.24, 2.45) is 5.92 Å². The van der Waals surface area contributed by atoms with Gasteiger partial charge in [-0.1, -0.05) is 0 Å². The van der Waals surface area contributed by atoms with E-state index in [1.807, 2.05) is 12.1 Å². The molecule has 3 fully saturated rings. The molecule has 4 nitrogen and oxygen atoms in total. The lowest BCUT2D eigenvalue weighted by Gasteiger charge is -2.48. The average molecular weight is 244 g/mol. The molecule has 2 bridgehead atoms. The van der Waals surface area contributed by atoms with Gasteiger partial charge in [-0.2, -0.15) is 0 Å². The highest BCUT2D eigenvalue weighted by molar-refractivity contribution is 5.89. The van der Waals surface area contributed by atoms with Crippen LogP contribution in [0.2, 0.25) is 0 Å². The number of hydrogen-bond acceptors (Lipinski definition) is 3. The number of rotatable bonds is 1. The van der Waals surface area contributed by atoms with Crippen molar-refractivity contribution in [1.82, 2.24) is 4.90 Å². The van der Waals surface area contributed by atoms with Crippen LogP contribution >= 0.6 is 0 Å². The summed E-state index contributed by atoms with van der Waals surface area (Å²) in [4.78, 5) is 13.6. The third kappa shape index (κ3) is 1.27. The van der Waals surface area contributed by atoms with Crippen molar-refractivity contribution in [2.75, 3.05) is 18.4 Å². The van der Waals surface area contributed by atoms with Gasteiger partial charge in [0.1, 0.15) is 0 Å². The van der Waals surface area contributed by atoms with Crippen LogP contribution in [-0.4, -0.2) is 35.2 Å². The first-order valence-electron chi connectivity index (χ1n) is 6.62. The van der Waals surface area contributed by atoms with Gasteiger partial charge in [0.05, 0.1) is 11.7 Å². The second-order valence-corrected chi connectivity index (χ2v) is 5.60. The van der Waals surface area contributed by atoms with Gasteiger partial charge < -0.3 is 10.4 Å². The molecule has 0 saturated carbocycles. The number of aromatic carboxylic acids is 1. The van der Waals surface area contributed by atoms with Gasteiger partial charge in [-0.15, -0.1) is 0 Å². The predicted molar refractivity (Wildman–Crippen MR) is 67.9 cm³/mol. The molecule has 4 aliphatic heterocycles. The summed E-state index contributed by atoms with van der Waals surface area (Å²) in [5, 5.41) is 12.7. The Balaban J connectivity index is 1.79. The number of carboxylic acids is 1. The average Bonchev–Trinajstić information content (AvgIpc) is 2.80. The van der Waals surface area contributed by atoms with Gasteiger partial charge >= 0.3 is 5.97 Å². The van der Waals surface area contributed by atoms with Gasteiger partial charge in [-0.3, -0.25) is 4.90 Å². The summed E-state index contributed by atoms with van der Waals surface area (Å²) in [5.41, 5.74) is 2.76. The third-order valence-corrected chi connectivity index (χ3v) is 4.78. The molecule has 0 radical (unpaired) electrons. The smallest absolute Gasteiger partial charge is 0.335 e. The Labute approximate surface area is 106 Å². The number of carboxylic acid groups (broad SMARTS) is 1. The maximum absolute atomic E-state index is 11.1. The van der Waals surface area contributed by atoms with E-state index in [1.165, 1.54) is 31.5 Å². The molecule has 4 heteroatoms. The molecule has 1 aromatic carbocycles. The lowest BCUT2D eigenvalue weighted by atomic mass is 9.74. The summed E-state index contributed by atoms with van der Waals surface area (Å²) >= 11 is 0. The lowest BCUT2D eigenvalue weighted by molar-refractivity contribution is 0.0461.